The molecule has 0 saturated heterocycles. The molecule has 1 aliphatic rings. The number of amides is 3. The number of benzene rings is 1. The molecular weight excluding hydrogens is 376 g/mol. The van der Waals surface area contributed by atoms with E-state index in [4.69, 9.17) is 14.2 Å². The molecule has 0 heterocycles. The van der Waals surface area contributed by atoms with E-state index >= 15 is 0 Å². The van der Waals surface area contributed by atoms with Gasteiger partial charge in [0.2, 0.25) is 0 Å². The summed E-state index contributed by atoms with van der Waals surface area (Å²) in [6, 6.07) is 4.68. The Hall–Kier alpha value is -3.03. The third-order valence-corrected chi connectivity index (χ3v) is 4.66. The summed E-state index contributed by atoms with van der Waals surface area (Å²) in [7, 11) is 3.05. The molecule has 3 amide bonds. The van der Waals surface area contributed by atoms with E-state index in [2.05, 4.69) is 10.6 Å². The summed E-state index contributed by atoms with van der Waals surface area (Å²) in [5.41, 5.74) is 0.698. The van der Waals surface area contributed by atoms with Crippen molar-refractivity contribution in [3.8, 4) is 11.5 Å². The highest BCUT2D eigenvalue weighted by Crippen LogP contribution is 2.28. The molecule has 158 valence electrons. The molecule has 0 spiro atoms. The lowest BCUT2D eigenvalue weighted by atomic mass is 9.96. The first-order valence-electron chi connectivity index (χ1n) is 9.65. The molecule has 0 aromatic heterocycles. The number of esters is 1. The maximum Gasteiger partial charge on any atom is 0.331 e. The van der Waals surface area contributed by atoms with Crippen LogP contribution in [0, 0.1) is 0 Å². The second-order valence-corrected chi connectivity index (χ2v) is 6.82. The molecule has 8 heteroatoms. The van der Waals surface area contributed by atoms with Gasteiger partial charge in [-0.3, -0.25) is 10.1 Å². The van der Waals surface area contributed by atoms with Gasteiger partial charge < -0.3 is 19.5 Å². The van der Waals surface area contributed by atoms with E-state index in [0.717, 1.165) is 25.7 Å². The average molecular weight is 404 g/mol. The molecule has 2 rings (SSSR count). The van der Waals surface area contributed by atoms with Gasteiger partial charge in [-0.2, -0.15) is 0 Å². The second-order valence-electron chi connectivity index (χ2n) is 6.82. The van der Waals surface area contributed by atoms with Crippen LogP contribution in [0.15, 0.2) is 24.3 Å². The first-order chi connectivity index (χ1) is 13.9. The number of hydrogen-bond donors (Lipinski definition) is 2. The van der Waals surface area contributed by atoms with Gasteiger partial charge in [-0.25, -0.2) is 9.59 Å². The summed E-state index contributed by atoms with van der Waals surface area (Å²) >= 11 is 0. The Morgan fingerprint density at radius 3 is 2.41 bits per heavy atom. The Labute approximate surface area is 170 Å². The fourth-order valence-corrected chi connectivity index (χ4v) is 3.07. The number of nitrogens with one attached hydrogen (secondary N) is 2. The number of urea groups is 1. The molecule has 1 fully saturated rings. The summed E-state index contributed by atoms with van der Waals surface area (Å²) in [4.78, 5) is 35.9. The van der Waals surface area contributed by atoms with E-state index in [1.54, 1.807) is 18.2 Å². The lowest BCUT2D eigenvalue weighted by Crippen LogP contribution is -2.48. The highest BCUT2D eigenvalue weighted by atomic mass is 16.5. The number of hydrogen-bond acceptors (Lipinski definition) is 6. The zero-order valence-electron chi connectivity index (χ0n) is 17.0. The molecule has 0 radical (unpaired) electrons. The van der Waals surface area contributed by atoms with Crippen LogP contribution in [-0.2, 0) is 14.3 Å². The lowest BCUT2D eigenvalue weighted by molar-refractivity contribution is -0.149. The smallest absolute Gasteiger partial charge is 0.331 e. The van der Waals surface area contributed by atoms with Crippen molar-refractivity contribution in [2.45, 2.75) is 51.2 Å². The predicted octanol–water partition coefficient (Wildman–Crippen LogP) is 2.81. The summed E-state index contributed by atoms with van der Waals surface area (Å²) in [6.07, 6.45) is 6.76. The van der Waals surface area contributed by atoms with E-state index in [1.807, 2.05) is 0 Å². The van der Waals surface area contributed by atoms with Crippen LogP contribution < -0.4 is 20.1 Å². The van der Waals surface area contributed by atoms with Crippen molar-refractivity contribution >= 4 is 24.0 Å². The van der Waals surface area contributed by atoms with Crippen molar-refractivity contribution in [2.75, 3.05) is 14.2 Å². The zero-order valence-corrected chi connectivity index (χ0v) is 17.0. The van der Waals surface area contributed by atoms with Gasteiger partial charge in [-0.1, -0.05) is 25.3 Å². The van der Waals surface area contributed by atoms with Gasteiger partial charge in [0.05, 0.1) is 14.2 Å². The number of rotatable bonds is 7. The molecule has 0 bridgehead atoms. The average Bonchev–Trinajstić information content (AvgIpc) is 2.72. The van der Waals surface area contributed by atoms with E-state index in [-0.39, 0.29) is 6.04 Å². The van der Waals surface area contributed by atoms with Crippen LogP contribution in [0.3, 0.4) is 0 Å². The number of imide groups is 1. The Morgan fingerprint density at radius 1 is 1.07 bits per heavy atom. The maximum atomic E-state index is 12.1. The molecule has 0 unspecified atom stereocenters. The van der Waals surface area contributed by atoms with E-state index in [1.165, 1.54) is 39.7 Å². The quantitative estimate of drug-likeness (QED) is 0.535. The van der Waals surface area contributed by atoms with Crippen LogP contribution in [0.5, 0.6) is 11.5 Å². The third-order valence-electron chi connectivity index (χ3n) is 4.66. The normalized spacial score (nSPS) is 15.4. The topological polar surface area (TPSA) is 103 Å². The van der Waals surface area contributed by atoms with Gasteiger partial charge >= 0.3 is 12.0 Å². The number of carbonyl (C=O) groups excluding carboxylic acids is 3. The Kier molecular flexibility index (Phi) is 8.51. The van der Waals surface area contributed by atoms with Crippen LogP contribution in [0.25, 0.3) is 6.08 Å². The van der Waals surface area contributed by atoms with Crippen molar-refractivity contribution in [3.05, 3.63) is 29.8 Å². The van der Waals surface area contributed by atoms with E-state index in [9.17, 15) is 14.4 Å². The Bertz CT molecular complexity index is 756. The zero-order chi connectivity index (χ0) is 21.2. The van der Waals surface area contributed by atoms with Crippen molar-refractivity contribution in [1.29, 1.82) is 0 Å². The van der Waals surface area contributed by atoms with Crippen LogP contribution >= 0.6 is 0 Å². The van der Waals surface area contributed by atoms with Gasteiger partial charge in [0.1, 0.15) is 0 Å². The molecular formula is C21H28N2O6. The van der Waals surface area contributed by atoms with Crippen molar-refractivity contribution in [1.82, 2.24) is 10.6 Å². The first-order valence-corrected chi connectivity index (χ1v) is 9.65. The number of methoxy groups -OCH3 is 2. The monoisotopic (exact) mass is 404 g/mol. The van der Waals surface area contributed by atoms with E-state index in [0.29, 0.717) is 17.1 Å². The number of carbonyl (C=O) groups is 3. The Morgan fingerprint density at radius 2 is 1.76 bits per heavy atom. The fraction of sp³-hybridized carbons (Fsp3) is 0.476. The molecule has 1 atom stereocenters. The third kappa shape index (κ3) is 7.14. The van der Waals surface area contributed by atoms with Crippen LogP contribution in [0.2, 0.25) is 0 Å². The molecule has 8 nitrogen and oxygen atoms in total. The largest absolute Gasteiger partial charge is 0.493 e. The minimum atomic E-state index is -1.10. The molecule has 1 saturated carbocycles. The summed E-state index contributed by atoms with van der Waals surface area (Å²) < 4.78 is 15.4. The Balaban J connectivity index is 1.82. The highest BCUT2D eigenvalue weighted by molar-refractivity contribution is 5.98. The molecule has 1 aromatic rings. The summed E-state index contributed by atoms with van der Waals surface area (Å²) in [5.74, 6) is -0.273. The van der Waals surface area contributed by atoms with E-state index < -0.39 is 24.0 Å². The lowest BCUT2D eigenvalue weighted by Gasteiger charge is -2.23. The van der Waals surface area contributed by atoms with Crippen LogP contribution in [0.1, 0.15) is 44.6 Å². The minimum absolute atomic E-state index is 0.0822. The minimum Gasteiger partial charge on any atom is -0.493 e. The molecule has 0 aliphatic heterocycles. The van der Waals surface area contributed by atoms with Crippen LogP contribution in [0.4, 0.5) is 4.79 Å². The fourth-order valence-electron chi connectivity index (χ4n) is 3.07. The first kappa shape index (κ1) is 22.3. The molecule has 1 aromatic carbocycles. The standard InChI is InChI=1S/C21H28N2O6/c1-14(20(25)23-21(26)22-16-7-5-4-6-8-16)29-19(24)12-10-15-9-11-17(27-2)18(13-15)28-3/h9-14,16H,4-8H2,1-3H3,(H2,22,23,25,26)/b12-10+/t14-/m0/s1. The highest BCUT2D eigenvalue weighted by Gasteiger charge is 2.21. The van der Waals surface area contributed by atoms with Gasteiger partial charge in [0.15, 0.2) is 17.6 Å². The van der Waals surface area contributed by atoms with Crippen molar-refractivity contribution in [2.24, 2.45) is 0 Å². The van der Waals surface area contributed by atoms with Gasteiger partial charge in [0, 0.05) is 12.1 Å². The second kappa shape index (κ2) is 11.1. The molecule has 1 aliphatic carbocycles. The SMILES string of the molecule is COc1ccc(/C=C/C(=O)O[C@@H](C)C(=O)NC(=O)NC2CCCCC2)cc1OC. The predicted molar refractivity (Wildman–Crippen MR) is 108 cm³/mol. The summed E-state index contributed by atoms with van der Waals surface area (Å²) in [6.45, 7) is 1.41. The van der Waals surface area contributed by atoms with Crippen molar-refractivity contribution in [3.63, 3.8) is 0 Å². The van der Waals surface area contributed by atoms with Crippen LogP contribution in [-0.4, -0.2) is 44.3 Å². The van der Waals surface area contributed by atoms with Gasteiger partial charge in [-0.05, 0) is 43.5 Å². The van der Waals surface area contributed by atoms with Crippen molar-refractivity contribution < 1.29 is 28.6 Å². The summed E-state index contributed by atoms with van der Waals surface area (Å²) in [5, 5.41) is 4.99. The van der Waals surface area contributed by atoms with Gasteiger partial charge in [0.25, 0.3) is 5.91 Å². The molecule has 29 heavy (non-hydrogen) atoms. The molecule has 2 N–H and O–H groups in total. The maximum absolute atomic E-state index is 12.1. The number of ether oxygens (including phenoxy) is 3. The van der Waals surface area contributed by atoms with Gasteiger partial charge in [-0.15, -0.1) is 0 Å².